The molecule has 0 fully saturated rings. The standard InChI is InChI=1S/C16H17FN2O2/c1-11-4-3-5-14(18-11)10-19(2)9-12-6-7-13(17)8-15(12)16(20)21/h3-8H,9-10H2,1-2H3,(H,20,21). The molecule has 0 aliphatic heterocycles. The van der Waals surface area contributed by atoms with Crippen molar-refractivity contribution in [2.45, 2.75) is 20.0 Å². The van der Waals surface area contributed by atoms with Crippen LogP contribution in [0.4, 0.5) is 4.39 Å². The number of aromatic nitrogens is 1. The van der Waals surface area contributed by atoms with Gasteiger partial charge in [-0.1, -0.05) is 12.1 Å². The average Bonchev–Trinajstić information content (AvgIpc) is 2.40. The van der Waals surface area contributed by atoms with Crippen molar-refractivity contribution in [1.82, 2.24) is 9.88 Å². The number of halogens is 1. The third kappa shape index (κ3) is 4.10. The van der Waals surface area contributed by atoms with E-state index in [0.717, 1.165) is 17.5 Å². The first-order valence-corrected chi connectivity index (χ1v) is 6.58. The number of aryl methyl sites for hydroxylation is 1. The second-order valence-corrected chi connectivity index (χ2v) is 5.05. The van der Waals surface area contributed by atoms with Crippen molar-refractivity contribution in [3.63, 3.8) is 0 Å². The van der Waals surface area contributed by atoms with Crippen molar-refractivity contribution in [3.05, 3.63) is 64.7 Å². The molecule has 0 saturated carbocycles. The van der Waals surface area contributed by atoms with Gasteiger partial charge in [0.25, 0.3) is 0 Å². The number of carboxylic acids is 1. The maximum absolute atomic E-state index is 13.1. The van der Waals surface area contributed by atoms with Crippen LogP contribution in [0.2, 0.25) is 0 Å². The van der Waals surface area contributed by atoms with E-state index < -0.39 is 11.8 Å². The molecule has 1 N–H and O–H groups in total. The van der Waals surface area contributed by atoms with Crippen molar-refractivity contribution in [2.24, 2.45) is 0 Å². The van der Waals surface area contributed by atoms with Crippen LogP contribution in [0, 0.1) is 12.7 Å². The van der Waals surface area contributed by atoms with Crippen LogP contribution in [0.25, 0.3) is 0 Å². The summed E-state index contributed by atoms with van der Waals surface area (Å²) in [4.78, 5) is 17.5. The first-order valence-electron chi connectivity index (χ1n) is 6.58. The molecule has 0 spiro atoms. The lowest BCUT2D eigenvalue weighted by atomic mass is 10.1. The molecular formula is C16H17FN2O2. The van der Waals surface area contributed by atoms with E-state index in [1.54, 1.807) is 0 Å². The number of carbonyl (C=O) groups is 1. The predicted molar refractivity (Wildman–Crippen MR) is 77.5 cm³/mol. The number of benzene rings is 1. The van der Waals surface area contributed by atoms with Gasteiger partial charge >= 0.3 is 5.97 Å². The zero-order valence-electron chi connectivity index (χ0n) is 12.0. The second-order valence-electron chi connectivity index (χ2n) is 5.05. The van der Waals surface area contributed by atoms with Gasteiger partial charge in [0, 0.05) is 18.8 Å². The van der Waals surface area contributed by atoms with E-state index in [9.17, 15) is 9.18 Å². The molecule has 2 aromatic rings. The van der Waals surface area contributed by atoms with Crippen molar-refractivity contribution in [2.75, 3.05) is 7.05 Å². The number of hydrogen-bond acceptors (Lipinski definition) is 3. The van der Waals surface area contributed by atoms with E-state index in [2.05, 4.69) is 4.98 Å². The molecule has 4 nitrogen and oxygen atoms in total. The minimum atomic E-state index is -1.12. The normalized spacial score (nSPS) is 10.9. The van der Waals surface area contributed by atoms with Crippen molar-refractivity contribution in [1.29, 1.82) is 0 Å². The molecule has 0 saturated heterocycles. The monoisotopic (exact) mass is 288 g/mol. The first-order chi connectivity index (χ1) is 9.95. The van der Waals surface area contributed by atoms with Crippen LogP contribution < -0.4 is 0 Å². The lowest BCUT2D eigenvalue weighted by molar-refractivity contribution is 0.0694. The Morgan fingerprint density at radius 3 is 2.71 bits per heavy atom. The molecule has 0 aliphatic rings. The van der Waals surface area contributed by atoms with Crippen LogP contribution >= 0.6 is 0 Å². The molecule has 1 aromatic heterocycles. The van der Waals surface area contributed by atoms with Gasteiger partial charge in [0.15, 0.2) is 0 Å². The fourth-order valence-electron chi connectivity index (χ4n) is 2.20. The first kappa shape index (κ1) is 15.1. The Kier molecular flexibility index (Phi) is 4.65. The number of nitrogens with zero attached hydrogens (tertiary/aromatic N) is 2. The van der Waals surface area contributed by atoms with E-state index in [-0.39, 0.29) is 5.56 Å². The van der Waals surface area contributed by atoms with Gasteiger partial charge in [-0.3, -0.25) is 9.88 Å². The molecule has 0 unspecified atom stereocenters. The molecule has 5 heteroatoms. The maximum Gasteiger partial charge on any atom is 0.336 e. The molecule has 0 amide bonds. The van der Waals surface area contributed by atoms with Crippen molar-refractivity contribution < 1.29 is 14.3 Å². The third-order valence-electron chi connectivity index (χ3n) is 3.12. The Bertz CT molecular complexity index is 658. The average molecular weight is 288 g/mol. The van der Waals surface area contributed by atoms with Crippen LogP contribution in [-0.2, 0) is 13.1 Å². The fraction of sp³-hybridized carbons (Fsp3) is 0.250. The Hall–Kier alpha value is -2.27. The molecule has 0 atom stereocenters. The number of pyridine rings is 1. The summed E-state index contributed by atoms with van der Waals surface area (Å²) in [7, 11) is 1.87. The SMILES string of the molecule is Cc1cccc(CN(C)Cc2ccc(F)cc2C(=O)O)n1. The van der Waals surface area contributed by atoms with Gasteiger partial charge in [0.1, 0.15) is 5.82 Å². The van der Waals surface area contributed by atoms with Crippen LogP contribution in [0.15, 0.2) is 36.4 Å². The molecule has 1 aromatic carbocycles. The summed E-state index contributed by atoms with van der Waals surface area (Å²) in [6.07, 6.45) is 0. The maximum atomic E-state index is 13.1. The molecule has 110 valence electrons. The van der Waals surface area contributed by atoms with E-state index in [1.807, 2.05) is 37.1 Å². The summed E-state index contributed by atoms with van der Waals surface area (Å²) in [6, 6.07) is 9.63. The van der Waals surface area contributed by atoms with Gasteiger partial charge in [0.05, 0.1) is 11.3 Å². The summed E-state index contributed by atoms with van der Waals surface area (Å²) in [5, 5.41) is 9.13. The summed E-state index contributed by atoms with van der Waals surface area (Å²) in [6.45, 7) is 2.93. The minimum absolute atomic E-state index is 0.000878. The molecule has 0 aliphatic carbocycles. The van der Waals surface area contributed by atoms with Crippen LogP contribution in [0.1, 0.15) is 27.3 Å². The van der Waals surface area contributed by atoms with E-state index >= 15 is 0 Å². The number of hydrogen-bond donors (Lipinski definition) is 1. The third-order valence-corrected chi connectivity index (χ3v) is 3.12. The van der Waals surface area contributed by atoms with Crippen LogP contribution in [0.5, 0.6) is 0 Å². The smallest absolute Gasteiger partial charge is 0.336 e. The van der Waals surface area contributed by atoms with Gasteiger partial charge in [-0.2, -0.15) is 0 Å². The van der Waals surface area contributed by atoms with Gasteiger partial charge in [-0.05, 0) is 43.8 Å². The summed E-state index contributed by atoms with van der Waals surface area (Å²) in [5.74, 6) is -1.66. The fourth-order valence-corrected chi connectivity index (χ4v) is 2.20. The molecular weight excluding hydrogens is 271 g/mol. The van der Waals surface area contributed by atoms with Gasteiger partial charge in [-0.25, -0.2) is 9.18 Å². The Balaban J connectivity index is 2.12. The number of rotatable bonds is 5. The predicted octanol–water partition coefficient (Wildman–Crippen LogP) is 2.86. The summed E-state index contributed by atoms with van der Waals surface area (Å²) in [5.41, 5.74) is 2.43. The highest BCUT2D eigenvalue weighted by molar-refractivity contribution is 5.89. The highest BCUT2D eigenvalue weighted by Gasteiger charge is 2.13. The van der Waals surface area contributed by atoms with E-state index in [0.29, 0.717) is 18.7 Å². The quantitative estimate of drug-likeness (QED) is 0.919. The van der Waals surface area contributed by atoms with E-state index in [1.165, 1.54) is 12.1 Å². The van der Waals surface area contributed by atoms with Gasteiger partial charge in [0.2, 0.25) is 0 Å². The molecule has 1 heterocycles. The minimum Gasteiger partial charge on any atom is -0.478 e. The highest BCUT2D eigenvalue weighted by atomic mass is 19.1. The zero-order chi connectivity index (χ0) is 15.4. The summed E-state index contributed by atoms with van der Waals surface area (Å²) >= 11 is 0. The molecule has 21 heavy (non-hydrogen) atoms. The topological polar surface area (TPSA) is 53.4 Å². The zero-order valence-corrected chi connectivity index (χ0v) is 12.0. The molecule has 0 bridgehead atoms. The second kappa shape index (κ2) is 6.45. The molecule has 2 rings (SSSR count). The van der Waals surface area contributed by atoms with Crippen molar-refractivity contribution >= 4 is 5.97 Å². The lowest BCUT2D eigenvalue weighted by Gasteiger charge is -2.17. The van der Waals surface area contributed by atoms with Gasteiger partial charge in [-0.15, -0.1) is 0 Å². The number of carboxylic acid groups (broad SMARTS) is 1. The van der Waals surface area contributed by atoms with E-state index in [4.69, 9.17) is 5.11 Å². The van der Waals surface area contributed by atoms with Crippen LogP contribution in [0.3, 0.4) is 0 Å². The Morgan fingerprint density at radius 2 is 2.05 bits per heavy atom. The van der Waals surface area contributed by atoms with Gasteiger partial charge < -0.3 is 5.11 Å². The van der Waals surface area contributed by atoms with Crippen molar-refractivity contribution in [3.8, 4) is 0 Å². The highest BCUT2D eigenvalue weighted by Crippen LogP contribution is 2.14. The Labute approximate surface area is 122 Å². The van der Waals surface area contributed by atoms with Crippen LogP contribution in [-0.4, -0.2) is 28.0 Å². The largest absolute Gasteiger partial charge is 0.478 e. The lowest BCUT2D eigenvalue weighted by Crippen LogP contribution is -2.20. The molecule has 0 radical (unpaired) electrons. The number of aromatic carboxylic acids is 1. The summed E-state index contributed by atoms with van der Waals surface area (Å²) < 4.78 is 13.1. The Morgan fingerprint density at radius 1 is 1.29 bits per heavy atom.